The van der Waals surface area contributed by atoms with Crippen LogP contribution in [0.2, 0.25) is 0 Å². The van der Waals surface area contributed by atoms with Crippen LogP contribution >= 0.6 is 0 Å². The molecular weight excluding hydrogens is 162 g/mol. The van der Waals surface area contributed by atoms with Gasteiger partial charge in [0.25, 0.3) is 0 Å². The van der Waals surface area contributed by atoms with Crippen LogP contribution in [0.5, 0.6) is 0 Å². The molecule has 1 aromatic rings. The van der Waals surface area contributed by atoms with E-state index in [4.69, 9.17) is 5.73 Å². The van der Waals surface area contributed by atoms with E-state index in [2.05, 4.69) is 18.9 Å². The molecule has 2 N–H and O–H groups in total. The smallest absolute Gasteiger partial charge is 0.0489 e. The molecule has 1 aromatic heterocycles. The first-order valence-electron chi connectivity index (χ1n) is 4.81. The maximum Gasteiger partial charge on any atom is 0.0489 e. The van der Waals surface area contributed by atoms with Gasteiger partial charge in [-0.05, 0) is 30.9 Å². The molecule has 0 bridgehead atoms. The third-order valence-electron chi connectivity index (χ3n) is 2.40. The molecule has 0 aromatic carbocycles. The van der Waals surface area contributed by atoms with Crippen molar-refractivity contribution < 1.29 is 0 Å². The molecule has 0 unspecified atom stereocenters. The summed E-state index contributed by atoms with van der Waals surface area (Å²) < 4.78 is 1.97. The van der Waals surface area contributed by atoms with E-state index in [-0.39, 0.29) is 0 Å². The summed E-state index contributed by atoms with van der Waals surface area (Å²) in [6, 6.07) is 1.95. The molecular formula is C10H19N3. The molecule has 74 valence electrons. The first-order chi connectivity index (χ1) is 6.14. The molecule has 1 heterocycles. The molecule has 0 aliphatic carbocycles. The van der Waals surface area contributed by atoms with E-state index in [1.54, 1.807) is 0 Å². The predicted molar refractivity (Wildman–Crippen MR) is 54.3 cm³/mol. The molecule has 0 amide bonds. The summed E-state index contributed by atoms with van der Waals surface area (Å²) in [4.78, 5) is 0. The molecule has 0 saturated heterocycles. The molecule has 1 rings (SSSR count). The van der Waals surface area contributed by atoms with Crippen molar-refractivity contribution in [3.05, 3.63) is 18.5 Å². The Morgan fingerprint density at radius 2 is 2.15 bits per heavy atom. The second kappa shape index (κ2) is 4.42. The van der Waals surface area contributed by atoms with E-state index in [1.807, 2.05) is 23.1 Å². The number of aryl methyl sites for hydroxylation is 1. The molecule has 0 spiro atoms. The Bertz CT molecular complexity index is 226. The van der Waals surface area contributed by atoms with Crippen molar-refractivity contribution in [2.45, 2.75) is 33.2 Å². The van der Waals surface area contributed by atoms with Gasteiger partial charge in [-0.15, -0.1) is 0 Å². The number of hydrogen-bond donors (Lipinski definition) is 1. The fourth-order valence-corrected chi connectivity index (χ4v) is 1.37. The van der Waals surface area contributed by atoms with Crippen molar-refractivity contribution in [1.29, 1.82) is 0 Å². The van der Waals surface area contributed by atoms with Crippen LogP contribution in [0.25, 0.3) is 0 Å². The first-order valence-corrected chi connectivity index (χ1v) is 4.81. The minimum Gasteiger partial charge on any atom is -0.330 e. The van der Waals surface area contributed by atoms with E-state index >= 15 is 0 Å². The average molecular weight is 181 g/mol. The van der Waals surface area contributed by atoms with Gasteiger partial charge in [0.1, 0.15) is 0 Å². The predicted octanol–water partition coefficient (Wildman–Crippen LogP) is 1.65. The van der Waals surface area contributed by atoms with Crippen molar-refractivity contribution in [2.24, 2.45) is 11.1 Å². The van der Waals surface area contributed by atoms with Crippen LogP contribution in [0.15, 0.2) is 18.5 Å². The third-order valence-corrected chi connectivity index (χ3v) is 2.40. The van der Waals surface area contributed by atoms with Crippen LogP contribution in [0.3, 0.4) is 0 Å². The van der Waals surface area contributed by atoms with Crippen LogP contribution in [0, 0.1) is 5.41 Å². The number of nitrogens with two attached hydrogens (primary N) is 1. The van der Waals surface area contributed by atoms with Crippen molar-refractivity contribution in [3.8, 4) is 0 Å². The highest BCUT2D eigenvalue weighted by Gasteiger charge is 2.16. The zero-order chi connectivity index (χ0) is 9.73. The van der Waals surface area contributed by atoms with Gasteiger partial charge in [-0.2, -0.15) is 5.10 Å². The first kappa shape index (κ1) is 10.3. The van der Waals surface area contributed by atoms with Gasteiger partial charge in [0.15, 0.2) is 0 Å². The zero-order valence-corrected chi connectivity index (χ0v) is 8.53. The van der Waals surface area contributed by atoms with Crippen molar-refractivity contribution in [1.82, 2.24) is 9.78 Å². The van der Waals surface area contributed by atoms with Crippen molar-refractivity contribution in [2.75, 3.05) is 6.54 Å². The number of nitrogens with zero attached hydrogens (tertiary/aromatic N) is 2. The topological polar surface area (TPSA) is 43.8 Å². The summed E-state index contributed by atoms with van der Waals surface area (Å²) in [5.74, 6) is 0. The summed E-state index contributed by atoms with van der Waals surface area (Å²) in [5.41, 5.74) is 5.88. The number of aromatic nitrogens is 2. The van der Waals surface area contributed by atoms with Crippen LogP contribution < -0.4 is 5.73 Å². The molecule has 0 aliphatic rings. The lowest BCUT2D eigenvalue weighted by Gasteiger charge is -2.23. The highest BCUT2D eigenvalue weighted by atomic mass is 15.3. The van der Waals surface area contributed by atoms with Crippen LogP contribution in [0.4, 0.5) is 0 Å². The highest BCUT2D eigenvalue weighted by molar-refractivity contribution is 4.78. The Labute approximate surface area is 79.9 Å². The van der Waals surface area contributed by atoms with Crippen molar-refractivity contribution in [3.63, 3.8) is 0 Å². The van der Waals surface area contributed by atoms with E-state index in [0.29, 0.717) is 5.41 Å². The van der Waals surface area contributed by atoms with Gasteiger partial charge in [-0.3, -0.25) is 4.68 Å². The minimum atomic E-state index is 0.334. The molecule has 0 aliphatic heterocycles. The standard InChI is InChI=1S/C10H19N3/c1-10(2,4-6-11)5-9-13-8-3-7-12-13/h3,7-8H,4-6,9,11H2,1-2H3. The number of hydrogen-bond acceptors (Lipinski definition) is 2. The lowest BCUT2D eigenvalue weighted by molar-refractivity contribution is 0.288. The highest BCUT2D eigenvalue weighted by Crippen LogP contribution is 2.24. The van der Waals surface area contributed by atoms with Crippen LogP contribution in [-0.4, -0.2) is 16.3 Å². The SMILES string of the molecule is CC(C)(CCN)CCn1cccn1. The molecule has 3 nitrogen and oxygen atoms in total. The molecule has 0 saturated carbocycles. The van der Waals surface area contributed by atoms with Gasteiger partial charge in [0.2, 0.25) is 0 Å². The number of rotatable bonds is 5. The fourth-order valence-electron chi connectivity index (χ4n) is 1.37. The average Bonchev–Trinajstić information content (AvgIpc) is 2.52. The van der Waals surface area contributed by atoms with Crippen LogP contribution in [-0.2, 0) is 6.54 Å². The Morgan fingerprint density at radius 3 is 2.69 bits per heavy atom. The lowest BCUT2D eigenvalue weighted by Crippen LogP contribution is -2.19. The summed E-state index contributed by atoms with van der Waals surface area (Å²) >= 11 is 0. The maximum absolute atomic E-state index is 5.54. The van der Waals surface area contributed by atoms with Crippen molar-refractivity contribution >= 4 is 0 Å². The third kappa shape index (κ3) is 3.59. The Balaban J connectivity index is 2.33. The quantitative estimate of drug-likeness (QED) is 0.750. The van der Waals surface area contributed by atoms with Gasteiger partial charge in [0.05, 0.1) is 0 Å². The second-order valence-corrected chi connectivity index (χ2v) is 4.22. The monoisotopic (exact) mass is 181 g/mol. The summed E-state index contributed by atoms with van der Waals surface area (Å²) in [6.07, 6.45) is 6.02. The van der Waals surface area contributed by atoms with E-state index < -0.39 is 0 Å². The summed E-state index contributed by atoms with van der Waals surface area (Å²) in [7, 11) is 0. The molecule has 0 fully saturated rings. The molecule has 13 heavy (non-hydrogen) atoms. The molecule has 3 heteroatoms. The van der Waals surface area contributed by atoms with E-state index in [9.17, 15) is 0 Å². The largest absolute Gasteiger partial charge is 0.330 e. The van der Waals surface area contributed by atoms with Crippen LogP contribution in [0.1, 0.15) is 26.7 Å². The zero-order valence-electron chi connectivity index (χ0n) is 8.53. The molecule has 0 atom stereocenters. The normalized spacial score (nSPS) is 11.9. The second-order valence-electron chi connectivity index (χ2n) is 4.22. The van der Waals surface area contributed by atoms with E-state index in [1.165, 1.54) is 0 Å². The van der Waals surface area contributed by atoms with E-state index in [0.717, 1.165) is 25.9 Å². The summed E-state index contributed by atoms with van der Waals surface area (Å²) in [6.45, 7) is 6.26. The van der Waals surface area contributed by atoms with Gasteiger partial charge in [0, 0.05) is 18.9 Å². The van der Waals surface area contributed by atoms with Gasteiger partial charge < -0.3 is 5.73 Å². The van der Waals surface area contributed by atoms with Gasteiger partial charge in [-0.25, -0.2) is 0 Å². The van der Waals surface area contributed by atoms with Gasteiger partial charge in [-0.1, -0.05) is 13.8 Å². The Kier molecular flexibility index (Phi) is 3.48. The fraction of sp³-hybridized carbons (Fsp3) is 0.700. The molecule has 0 radical (unpaired) electrons. The maximum atomic E-state index is 5.54. The summed E-state index contributed by atoms with van der Waals surface area (Å²) in [5, 5.41) is 4.16. The van der Waals surface area contributed by atoms with Gasteiger partial charge >= 0.3 is 0 Å². The Hall–Kier alpha value is -0.830. The minimum absolute atomic E-state index is 0.334. The lowest BCUT2D eigenvalue weighted by atomic mass is 9.86. The Morgan fingerprint density at radius 1 is 1.38 bits per heavy atom.